The number of piperidine rings is 1. The van der Waals surface area contributed by atoms with E-state index in [-0.39, 0.29) is 47.5 Å². The zero-order valence-corrected chi connectivity index (χ0v) is 19.8. The van der Waals surface area contributed by atoms with E-state index in [1.54, 1.807) is 35.2 Å². The summed E-state index contributed by atoms with van der Waals surface area (Å²) in [6.07, 6.45) is 1.29. The van der Waals surface area contributed by atoms with E-state index in [1.807, 2.05) is 0 Å². The molecule has 5 rings (SSSR count). The lowest BCUT2D eigenvalue weighted by atomic mass is 9.97. The number of nitrogens with zero attached hydrogens (tertiary/aromatic N) is 3. The monoisotopic (exact) mass is 511 g/mol. The molecule has 2 aliphatic rings. The number of hydrogen-bond acceptors (Lipinski definition) is 8. The maximum atomic E-state index is 13.4. The molecule has 0 bridgehead atoms. The van der Waals surface area contributed by atoms with Crippen LogP contribution in [0, 0.1) is 11.7 Å². The normalized spacial score (nSPS) is 16.5. The Morgan fingerprint density at radius 3 is 2.78 bits per heavy atom. The van der Waals surface area contributed by atoms with Crippen LogP contribution in [0.5, 0.6) is 11.5 Å². The van der Waals surface area contributed by atoms with Crippen molar-refractivity contribution in [2.24, 2.45) is 5.92 Å². The van der Waals surface area contributed by atoms with E-state index in [2.05, 4.69) is 20.8 Å². The van der Waals surface area contributed by atoms with Crippen molar-refractivity contribution in [3.8, 4) is 11.5 Å². The third kappa shape index (κ3) is 5.28. The zero-order chi connectivity index (χ0) is 25.1. The van der Waals surface area contributed by atoms with Crippen LogP contribution in [-0.2, 0) is 11.3 Å². The Bertz CT molecular complexity index is 1320. The lowest BCUT2D eigenvalue weighted by Crippen LogP contribution is -2.45. The summed E-state index contributed by atoms with van der Waals surface area (Å²) in [6, 6.07) is 11.0. The number of ether oxygens (including phenoxy) is 2. The molecule has 1 atom stereocenters. The lowest BCUT2D eigenvalue weighted by molar-refractivity contribution is -0.126. The minimum absolute atomic E-state index is 0.0393. The van der Waals surface area contributed by atoms with Gasteiger partial charge < -0.3 is 25.0 Å². The highest BCUT2D eigenvalue weighted by Crippen LogP contribution is 2.34. The molecule has 10 nitrogen and oxygen atoms in total. The summed E-state index contributed by atoms with van der Waals surface area (Å²) < 4.78 is 23.9. The van der Waals surface area contributed by atoms with Crippen LogP contribution in [-0.4, -0.2) is 52.7 Å². The van der Waals surface area contributed by atoms with Crippen LogP contribution in [0.1, 0.15) is 38.0 Å². The summed E-state index contributed by atoms with van der Waals surface area (Å²) >= 11 is 0.888. The first-order valence-corrected chi connectivity index (χ1v) is 12.1. The van der Waals surface area contributed by atoms with Crippen LogP contribution < -0.4 is 20.1 Å². The molecule has 2 N–H and O–H groups in total. The molecular weight excluding hydrogens is 489 g/mol. The fourth-order valence-corrected chi connectivity index (χ4v) is 4.76. The van der Waals surface area contributed by atoms with Gasteiger partial charge in [0.1, 0.15) is 5.82 Å². The number of carbonyl (C=O) groups excluding carboxylic acids is 3. The summed E-state index contributed by atoms with van der Waals surface area (Å²) in [6.45, 7) is 1.04. The van der Waals surface area contributed by atoms with Gasteiger partial charge in [-0.05, 0) is 42.7 Å². The molecule has 1 fully saturated rings. The van der Waals surface area contributed by atoms with Crippen molar-refractivity contribution in [2.75, 3.05) is 25.2 Å². The van der Waals surface area contributed by atoms with Crippen LogP contribution in [0.4, 0.5) is 10.1 Å². The first kappa shape index (κ1) is 23.7. The lowest BCUT2D eigenvalue weighted by Gasteiger charge is -2.31. The van der Waals surface area contributed by atoms with Gasteiger partial charge in [0.15, 0.2) is 11.5 Å². The summed E-state index contributed by atoms with van der Waals surface area (Å²) in [7, 11) is 0. The fraction of sp³-hybridized carbons (Fsp3) is 0.292. The number of aromatic nitrogens is 2. The van der Waals surface area contributed by atoms with Gasteiger partial charge in [0.05, 0.1) is 5.92 Å². The van der Waals surface area contributed by atoms with Gasteiger partial charge in [-0.15, -0.1) is 10.2 Å². The second kappa shape index (κ2) is 10.3. The van der Waals surface area contributed by atoms with E-state index in [0.717, 1.165) is 11.3 Å². The van der Waals surface area contributed by atoms with Crippen molar-refractivity contribution < 1.29 is 28.2 Å². The molecule has 0 unspecified atom stereocenters. The second-order valence-electron chi connectivity index (χ2n) is 8.37. The molecule has 186 valence electrons. The molecule has 0 aliphatic carbocycles. The van der Waals surface area contributed by atoms with Crippen molar-refractivity contribution in [3.05, 3.63) is 63.9 Å². The number of rotatable bonds is 6. The molecule has 0 radical (unpaired) electrons. The Morgan fingerprint density at radius 1 is 1.08 bits per heavy atom. The first-order valence-electron chi connectivity index (χ1n) is 11.3. The molecule has 0 spiro atoms. The zero-order valence-electron chi connectivity index (χ0n) is 19.0. The number of nitrogens with one attached hydrogen (secondary N) is 2. The predicted octanol–water partition coefficient (Wildman–Crippen LogP) is 2.83. The van der Waals surface area contributed by atoms with Crippen molar-refractivity contribution in [1.29, 1.82) is 0 Å². The molecule has 3 heterocycles. The van der Waals surface area contributed by atoms with Crippen LogP contribution in [0.2, 0.25) is 0 Å². The number of benzene rings is 2. The Balaban J connectivity index is 1.17. The molecular formula is C24H22FN5O5S. The summed E-state index contributed by atoms with van der Waals surface area (Å²) in [4.78, 5) is 39.8. The quantitative estimate of drug-likeness (QED) is 0.522. The Morgan fingerprint density at radius 2 is 1.92 bits per heavy atom. The molecule has 1 saturated heterocycles. The van der Waals surface area contributed by atoms with E-state index in [9.17, 15) is 18.8 Å². The fourth-order valence-electron chi connectivity index (χ4n) is 4.05. The second-order valence-corrected chi connectivity index (χ2v) is 9.35. The van der Waals surface area contributed by atoms with Gasteiger partial charge in [-0.1, -0.05) is 23.5 Å². The molecule has 3 aromatic rings. The minimum Gasteiger partial charge on any atom is -0.454 e. The third-order valence-corrected chi connectivity index (χ3v) is 6.78. The number of amides is 3. The standard InChI is InChI=1S/C24H22FN5O5S/c25-16-5-1-3-14(9-16)11-26-20(31)15-4-2-8-30(12-15)24(33)23-29-28-22(36-23)21(32)27-17-6-7-18-19(10-17)35-13-34-18/h1,3,5-7,9-10,15H,2,4,8,11-13H2,(H,26,31)(H,27,32)/t15-/m0/s1. The summed E-state index contributed by atoms with van der Waals surface area (Å²) in [5, 5.41) is 13.4. The molecule has 0 saturated carbocycles. The number of carbonyl (C=O) groups is 3. The van der Waals surface area contributed by atoms with Crippen LogP contribution in [0.25, 0.3) is 0 Å². The number of likely N-dealkylation sites (tertiary alicyclic amines) is 1. The number of hydrogen-bond donors (Lipinski definition) is 2. The Hall–Kier alpha value is -4.06. The van der Waals surface area contributed by atoms with Crippen molar-refractivity contribution in [1.82, 2.24) is 20.4 Å². The van der Waals surface area contributed by atoms with E-state index < -0.39 is 11.8 Å². The predicted molar refractivity (Wildman–Crippen MR) is 127 cm³/mol. The highest BCUT2D eigenvalue weighted by Gasteiger charge is 2.31. The van der Waals surface area contributed by atoms with Crippen LogP contribution in [0.15, 0.2) is 42.5 Å². The highest BCUT2D eigenvalue weighted by atomic mass is 32.1. The smallest absolute Gasteiger partial charge is 0.286 e. The molecule has 2 aromatic carbocycles. The van der Waals surface area contributed by atoms with Gasteiger partial charge in [0.2, 0.25) is 22.7 Å². The third-order valence-electron chi connectivity index (χ3n) is 5.87. The van der Waals surface area contributed by atoms with E-state index in [1.165, 1.54) is 12.1 Å². The van der Waals surface area contributed by atoms with Gasteiger partial charge in [-0.3, -0.25) is 14.4 Å². The number of fused-ring (bicyclic) bond motifs is 1. The summed E-state index contributed by atoms with van der Waals surface area (Å²) in [5.41, 5.74) is 1.16. The van der Waals surface area contributed by atoms with Gasteiger partial charge in [-0.25, -0.2) is 4.39 Å². The topological polar surface area (TPSA) is 123 Å². The van der Waals surface area contributed by atoms with E-state index in [4.69, 9.17) is 9.47 Å². The van der Waals surface area contributed by atoms with Crippen molar-refractivity contribution in [3.63, 3.8) is 0 Å². The van der Waals surface area contributed by atoms with Gasteiger partial charge in [0, 0.05) is 31.4 Å². The average molecular weight is 512 g/mol. The summed E-state index contributed by atoms with van der Waals surface area (Å²) in [5.74, 6) is -0.705. The Labute approximate surface area is 209 Å². The van der Waals surface area contributed by atoms with E-state index >= 15 is 0 Å². The average Bonchev–Trinajstić information content (AvgIpc) is 3.57. The number of anilines is 1. The molecule has 12 heteroatoms. The molecule has 2 aliphatic heterocycles. The van der Waals surface area contributed by atoms with Crippen molar-refractivity contribution >= 4 is 34.7 Å². The van der Waals surface area contributed by atoms with Crippen LogP contribution in [0.3, 0.4) is 0 Å². The van der Waals surface area contributed by atoms with E-state index in [0.29, 0.717) is 42.1 Å². The molecule has 1 aromatic heterocycles. The van der Waals surface area contributed by atoms with Gasteiger partial charge >= 0.3 is 0 Å². The SMILES string of the molecule is O=C(Nc1ccc2c(c1)OCO2)c1nnc(C(=O)N2CCC[C@H](C(=O)NCc3cccc(F)c3)C2)s1. The highest BCUT2D eigenvalue weighted by molar-refractivity contribution is 7.15. The van der Waals surface area contributed by atoms with Gasteiger partial charge in [-0.2, -0.15) is 0 Å². The number of halogens is 1. The van der Waals surface area contributed by atoms with Crippen LogP contribution >= 0.6 is 11.3 Å². The van der Waals surface area contributed by atoms with Gasteiger partial charge in [0.25, 0.3) is 11.8 Å². The first-order chi connectivity index (χ1) is 17.5. The maximum Gasteiger partial charge on any atom is 0.286 e. The molecule has 36 heavy (non-hydrogen) atoms. The van der Waals surface area contributed by atoms with Crippen molar-refractivity contribution in [2.45, 2.75) is 19.4 Å². The maximum absolute atomic E-state index is 13.4. The largest absolute Gasteiger partial charge is 0.454 e. The minimum atomic E-state index is -0.501. The Kier molecular flexibility index (Phi) is 6.76. The molecule has 3 amide bonds.